The normalized spacial score (nSPS) is 25.8. The van der Waals surface area contributed by atoms with Crippen molar-refractivity contribution in [1.82, 2.24) is 4.90 Å². The molecule has 0 radical (unpaired) electrons. The minimum atomic E-state index is -0.662. The van der Waals surface area contributed by atoms with Crippen molar-refractivity contribution in [3.63, 3.8) is 0 Å². The Kier molecular flexibility index (Phi) is 4.32. The van der Waals surface area contributed by atoms with Crippen LogP contribution in [-0.4, -0.2) is 40.9 Å². The van der Waals surface area contributed by atoms with Crippen molar-refractivity contribution in [2.45, 2.75) is 35.8 Å². The van der Waals surface area contributed by atoms with Gasteiger partial charge in [0, 0.05) is 29.7 Å². The molecule has 0 aromatic heterocycles. The van der Waals surface area contributed by atoms with Crippen molar-refractivity contribution < 1.29 is 9.90 Å². The van der Waals surface area contributed by atoms with Crippen molar-refractivity contribution in [3.8, 4) is 0 Å². The Morgan fingerprint density at radius 2 is 2.25 bits per heavy atom. The van der Waals surface area contributed by atoms with Gasteiger partial charge in [0.25, 0.3) is 0 Å². The number of rotatable bonds is 5. The number of carboxylic acid groups (broad SMARTS) is 1. The Morgan fingerprint density at radius 1 is 1.40 bits per heavy atom. The number of benzene rings is 1. The lowest BCUT2D eigenvalue weighted by Crippen LogP contribution is -2.29. The standard InChI is InChI=1S/C16H21NO2S/c18-16(19)6-5-12-7-8-17(10-12)11-14-9-13-3-1-2-4-15(13)20-14/h1-4,12,14H,5-11H2,(H,18,19). The van der Waals surface area contributed by atoms with Gasteiger partial charge in [-0.25, -0.2) is 0 Å². The first kappa shape index (κ1) is 14.0. The lowest BCUT2D eigenvalue weighted by molar-refractivity contribution is -0.137. The fourth-order valence-electron chi connectivity index (χ4n) is 3.29. The van der Waals surface area contributed by atoms with Gasteiger partial charge in [0.05, 0.1) is 0 Å². The van der Waals surface area contributed by atoms with Crippen molar-refractivity contribution in [2.75, 3.05) is 19.6 Å². The van der Waals surface area contributed by atoms with Crippen LogP contribution in [0, 0.1) is 5.92 Å². The number of likely N-dealkylation sites (tertiary alicyclic amines) is 1. The van der Waals surface area contributed by atoms with Gasteiger partial charge in [0.2, 0.25) is 0 Å². The molecule has 1 aromatic carbocycles. The average Bonchev–Trinajstić information content (AvgIpc) is 3.02. The molecular formula is C16H21NO2S. The summed E-state index contributed by atoms with van der Waals surface area (Å²) in [5.74, 6) is -0.0786. The Balaban J connectivity index is 1.46. The quantitative estimate of drug-likeness (QED) is 0.905. The molecule has 0 spiro atoms. The molecule has 4 heteroatoms. The Hall–Kier alpha value is -1.00. The molecule has 0 bridgehead atoms. The molecule has 1 aromatic rings. The molecule has 3 rings (SSSR count). The molecular weight excluding hydrogens is 270 g/mol. The van der Waals surface area contributed by atoms with Crippen LogP contribution < -0.4 is 0 Å². The van der Waals surface area contributed by atoms with E-state index in [0.29, 0.717) is 17.6 Å². The number of hydrogen-bond donors (Lipinski definition) is 1. The van der Waals surface area contributed by atoms with Gasteiger partial charge in [-0.1, -0.05) is 18.2 Å². The maximum atomic E-state index is 10.6. The SMILES string of the molecule is O=C(O)CCC1CCN(CC2Cc3ccccc3S2)C1. The second-order valence-corrected chi connectivity index (χ2v) is 7.24. The maximum absolute atomic E-state index is 10.6. The summed E-state index contributed by atoms with van der Waals surface area (Å²) in [5.41, 5.74) is 1.49. The van der Waals surface area contributed by atoms with E-state index < -0.39 is 5.97 Å². The van der Waals surface area contributed by atoms with Crippen LogP contribution in [0.3, 0.4) is 0 Å². The van der Waals surface area contributed by atoms with Crippen LogP contribution in [-0.2, 0) is 11.2 Å². The highest BCUT2D eigenvalue weighted by atomic mass is 32.2. The van der Waals surface area contributed by atoms with Crippen molar-refractivity contribution in [3.05, 3.63) is 29.8 Å². The number of carboxylic acids is 1. The minimum absolute atomic E-state index is 0.322. The average molecular weight is 291 g/mol. The largest absolute Gasteiger partial charge is 0.481 e. The molecule has 2 unspecified atom stereocenters. The number of carbonyl (C=O) groups is 1. The zero-order valence-electron chi connectivity index (χ0n) is 11.6. The minimum Gasteiger partial charge on any atom is -0.481 e. The van der Waals surface area contributed by atoms with E-state index in [1.807, 2.05) is 11.8 Å². The van der Waals surface area contributed by atoms with Gasteiger partial charge >= 0.3 is 5.97 Å². The molecule has 3 nitrogen and oxygen atoms in total. The van der Waals surface area contributed by atoms with E-state index in [2.05, 4.69) is 29.2 Å². The number of thioether (sulfide) groups is 1. The van der Waals surface area contributed by atoms with Crippen molar-refractivity contribution in [2.24, 2.45) is 5.92 Å². The highest BCUT2D eigenvalue weighted by molar-refractivity contribution is 8.00. The zero-order chi connectivity index (χ0) is 13.9. The molecule has 2 aliphatic heterocycles. The predicted molar refractivity (Wildman–Crippen MR) is 81.2 cm³/mol. The van der Waals surface area contributed by atoms with Gasteiger partial charge in [-0.15, -0.1) is 11.8 Å². The van der Waals surface area contributed by atoms with E-state index in [0.717, 1.165) is 32.5 Å². The third-order valence-corrected chi connectivity index (χ3v) is 5.61. The number of fused-ring (bicyclic) bond motifs is 1. The topological polar surface area (TPSA) is 40.5 Å². The number of aliphatic carboxylic acids is 1. The molecule has 0 saturated carbocycles. The van der Waals surface area contributed by atoms with Crippen LogP contribution in [0.5, 0.6) is 0 Å². The number of nitrogens with zero attached hydrogens (tertiary/aromatic N) is 1. The second-order valence-electron chi connectivity index (χ2n) is 5.90. The summed E-state index contributed by atoms with van der Waals surface area (Å²) in [5, 5.41) is 9.42. The summed E-state index contributed by atoms with van der Waals surface area (Å²) in [6.07, 6.45) is 3.50. The maximum Gasteiger partial charge on any atom is 0.303 e. The second kappa shape index (κ2) is 6.19. The van der Waals surface area contributed by atoms with Crippen LogP contribution in [0.25, 0.3) is 0 Å². The highest BCUT2D eigenvalue weighted by Crippen LogP contribution is 2.37. The molecule has 1 fully saturated rings. The molecule has 20 heavy (non-hydrogen) atoms. The van der Waals surface area contributed by atoms with Gasteiger partial charge in [0.15, 0.2) is 0 Å². The monoisotopic (exact) mass is 291 g/mol. The van der Waals surface area contributed by atoms with Crippen LogP contribution in [0.2, 0.25) is 0 Å². The fraction of sp³-hybridized carbons (Fsp3) is 0.562. The Labute approximate surface area is 124 Å². The summed E-state index contributed by atoms with van der Waals surface area (Å²) < 4.78 is 0. The first-order valence-corrected chi connectivity index (χ1v) is 8.27. The lowest BCUT2D eigenvalue weighted by atomic mass is 10.0. The first-order valence-electron chi connectivity index (χ1n) is 7.39. The summed E-state index contributed by atoms with van der Waals surface area (Å²) in [6.45, 7) is 3.36. The summed E-state index contributed by atoms with van der Waals surface area (Å²) in [6, 6.07) is 8.70. The van der Waals surface area contributed by atoms with Gasteiger partial charge < -0.3 is 10.0 Å². The summed E-state index contributed by atoms with van der Waals surface area (Å²) >= 11 is 2.01. The van der Waals surface area contributed by atoms with E-state index in [1.54, 1.807) is 0 Å². The summed E-state index contributed by atoms with van der Waals surface area (Å²) in [4.78, 5) is 14.6. The van der Waals surface area contributed by atoms with Gasteiger partial charge in [-0.05, 0) is 43.4 Å². The lowest BCUT2D eigenvalue weighted by Gasteiger charge is -2.19. The molecule has 2 heterocycles. The van der Waals surface area contributed by atoms with E-state index in [-0.39, 0.29) is 0 Å². The predicted octanol–water partition coefficient (Wildman–Crippen LogP) is 2.89. The molecule has 0 amide bonds. The highest BCUT2D eigenvalue weighted by Gasteiger charge is 2.28. The Bertz CT molecular complexity index is 466. The van der Waals surface area contributed by atoms with E-state index in [4.69, 9.17) is 5.11 Å². The molecule has 1 N–H and O–H groups in total. The van der Waals surface area contributed by atoms with Crippen LogP contribution >= 0.6 is 11.8 Å². The molecule has 2 atom stereocenters. The zero-order valence-corrected chi connectivity index (χ0v) is 12.4. The van der Waals surface area contributed by atoms with Crippen molar-refractivity contribution >= 4 is 17.7 Å². The third-order valence-electron chi connectivity index (χ3n) is 4.31. The van der Waals surface area contributed by atoms with E-state index >= 15 is 0 Å². The van der Waals surface area contributed by atoms with Crippen LogP contribution in [0.1, 0.15) is 24.8 Å². The molecule has 0 aliphatic carbocycles. The fourth-order valence-corrected chi connectivity index (χ4v) is 4.65. The van der Waals surface area contributed by atoms with Crippen LogP contribution in [0.15, 0.2) is 29.2 Å². The Morgan fingerprint density at radius 3 is 3.05 bits per heavy atom. The van der Waals surface area contributed by atoms with Crippen LogP contribution in [0.4, 0.5) is 0 Å². The molecule has 1 saturated heterocycles. The van der Waals surface area contributed by atoms with Gasteiger partial charge in [-0.2, -0.15) is 0 Å². The van der Waals surface area contributed by atoms with E-state index in [1.165, 1.54) is 16.9 Å². The number of hydrogen-bond acceptors (Lipinski definition) is 3. The van der Waals surface area contributed by atoms with Gasteiger partial charge in [-0.3, -0.25) is 4.79 Å². The molecule has 108 valence electrons. The van der Waals surface area contributed by atoms with E-state index in [9.17, 15) is 4.79 Å². The summed E-state index contributed by atoms with van der Waals surface area (Å²) in [7, 11) is 0. The third kappa shape index (κ3) is 3.36. The smallest absolute Gasteiger partial charge is 0.303 e. The van der Waals surface area contributed by atoms with Crippen molar-refractivity contribution in [1.29, 1.82) is 0 Å². The molecule has 2 aliphatic rings. The van der Waals surface area contributed by atoms with Gasteiger partial charge in [0.1, 0.15) is 0 Å². The first-order chi connectivity index (χ1) is 9.70.